The molecule has 2 aromatic rings. The van der Waals surface area contributed by atoms with Gasteiger partial charge in [-0.15, -0.1) is 0 Å². The number of carbonyl (C=O) groups is 1. The molecule has 4 nitrogen and oxygen atoms in total. The van der Waals surface area contributed by atoms with Crippen LogP contribution in [0.5, 0.6) is 0 Å². The van der Waals surface area contributed by atoms with Gasteiger partial charge < -0.3 is 10.0 Å². The molecule has 4 rings (SSSR count). The Hall–Kier alpha value is -2.24. The van der Waals surface area contributed by atoms with Crippen molar-refractivity contribution in [2.24, 2.45) is 11.3 Å². The second-order valence-electron chi connectivity index (χ2n) is 8.23. The van der Waals surface area contributed by atoms with E-state index in [0.717, 1.165) is 26.1 Å². The number of rotatable bonds is 5. The molecule has 2 saturated heterocycles. The van der Waals surface area contributed by atoms with E-state index in [2.05, 4.69) is 17.0 Å². The number of piperidine rings is 1. The molecule has 2 aliphatic heterocycles. The van der Waals surface area contributed by atoms with E-state index in [1.807, 2.05) is 23.1 Å². The maximum Gasteiger partial charge on any atom is 0.227 e. The number of amides is 1. The van der Waals surface area contributed by atoms with Crippen molar-refractivity contribution in [3.05, 3.63) is 71.5 Å². The van der Waals surface area contributed by atoms with Crippen LogP contribution >= 0.6 is 0 Å². The van der Waals surface area contributed by atoms with Crippen molar-refractivity contribution in [2.75, 3.05) is 32.8 Å². The molecule has 28 heavy (non-hydrogen) atoms. The fraction of sp³-hybridized carbons (Fsp3) is 0.435. The molecule has 0 bridgehead atoms. The monoisotopic (exact) mass is 382 g/mol. The van der Waals surface area contributed by atoms with Gasteiger partial charge in [0.1, 0.15) is 5.82 Å². The van der Waals surface area contributed by atoms with E-state index in [1.54, 1.807) is 18.2 Å². The molecule has 2 aliphatic rings. The Bertz CT molecular complexity index is 828. The highest BCUT2D eigenvalue weighted by Gasteiger charge is 2.49. The molecule has 0 aromatic heterocycles. The zero-order chi connectivity index (χ0) is 19.6. The lowest BCUT2D eigenvalue weighted by molar-refractivity contribution is -0.134. The Morgan fingerprint density at radius 3 is 2.61 bits per heavy atom. The number of halogens is 1. The maximum absolute atomic E-state index is 13.9. The van der Waals surface area contributed by atoms with Crippen molar-refractivity contribution in [1.29, 1.82) is 0 Å². The summed E-state index contributed by atoms with van der Waals surface area (Å²) in [5, 5.41) is 10.2. The first-order chi connectivity index (χ1) is 13.6. The van der Waals surface area contributed by atoms with Gasteiger partial charge in [0.2, 0.25) is 5.91 Å². The third kappa shape index (κ3) is 3.82. The summed E-state index contributed by atoms with van der Waals surface area (Å²) in [5.41, 5.74) is 1.58. The number of fused-ring (bicyclic) bond motifs is 1. The lowest BCUT2D eigenvalue weighted by Crippen LogP contribution is -2.51. The van der Waals surface area contributed by atoms with Crippen LogP contribution in [0.1, 0.15) is 17.5 Å². The Labute approximate surface area is 165 Å². The highest BCUT2D eigenvalue weighted by atomic mass is 19.1. The lowest BCUT2D eigenvalue weighted by Gasteiger charge is -2.42. The highest BCUT2D eigenvalue weighted by Crippen LogP contribution is 2.43. The number of carbonyl (C=O) groups excluding carboxylic acids is 1. The summed E-state index contributed by atoms with van der Waals surface area (Å²) >= 11 is 0. The van der Waals surface area contributed by atoms with Crippen molar-refractivity contribution in [1.82, 2.24) is 9.80 Å². The fourth-order valence-electron chi connectivity index (χ4n) is 4.76. The largest absolute Gasteiger partial charge is 0.396 e. The first-order valence-electron chi connectivity index (χ1n) is 9.98. The van der Waals surface area contributed by atoms with Crippen molar-refractivity contribution in [3.8, 4) is 0 Å². The fourth-order valence-corrected chi connectivity index (χ4v) is 4.76. The molecule has 0 spiro atoms. The minimum absolute atomic E-state index is 0.0295. The van der Waals surface area contributed by atoms with Crippen LogP contribution in [0, 0.1) is 17.2 Å². The van der Waals surface area contributed by atoms with Crippen LogP contribution in [0.3, 0.4) is 0 Å². The van der Waals surface area contributed by atoms with Gasteiger partial charge in [-0.3, -0.25) is 9.69 Å². The number of aliphatic hydroxyl groups excluding tert-OH is 1. The van der Waals surface area contributed by atoms with E-state index in [9.17, 15) is 14.3 Å². The zero-order valence-corrected chi connectivity index (χ0v) is 16.1. The maximum atomic E-state index is 13.9. The Morgan fingerprint density at radius 1 is 1.11 bits per heavy atom. The summed E-state index contributed by atoms with van der Waals surface area (Å²) < 4.78 is 13.9. The van der Waals surface area contributed by atoms with Crippen molar-refractivity contribution in [3.63, 3.8) is 0 Å². The Kier molecular flexibility index (Phi) is 5.47. The summed E-state index contributed by atoms with van der Waals surface area (Å²) in [6, 6.07) is 16.8. The van der Waals surface area contributed by atoms with Crippen molar-refractivity contribution < 1.29 is 14.3 Å². The number of nitrogens with zero attached hydrogens (tertiary/aromatic N) is 2. The van der Waals surface area contributed by atoms with Gasteiger partial charge in [-0.05, 0) is 29.5 Å². The van der Waals surface area contributed by atoms with E-state index in [-0.39, 0.29) is 36.1 Å². The van der Waals surface area contributed by atoms with Gasteiger partial charge in [0.25, 0.3) is 0 Å². The Morgan fingerprint density at radius 2 is 1.86 bits per heavy atom. The summed E-state index contributed by atoms with van der Waals surface area (Å²) in [6.45, 7) is 4.01. The quantitative estimate of drug-likeness (QED) is 0.865. The zero-order valence-electron chi connectivity index (χ0n) is 16.1. The second-order valence-corrected chi connectivity index (χ2v) is 8.23. The molecule has 2 aromatic carbocycles. The van der Waals surface area contributed by atoms with Crippen LogP contribution < -0.4 is 0 Å². The summed E-state index contributed by atoms with van der Waals surface area (Å²) in [5.74, 6) is -0.106. The average Bonchev–Trinajstić information content (AvgIpc) is 3.08. The molecule has 5 heteroatoms. The molecular formula is C23H27FN2O2. The van der Waals surface area contributed by atoms with Gasteiger partial charge in [0, 0.05) is 38.1 Å². The van der Waals surface area contributed by atoms with Crippen molar-refractivity contribution in [2.45, 2.75) is 19.4 Å². The third-order valence-corrected chi connectivity index (χ3v) is 6.42. The normalized spacial score (nSPS) is 24.9. The van der Waals surface area contributed by atoms with E-state index in [0.29, 0.717) is 18.7 Å². The van der Waals surface area contributed by atoms with Crippen molar-refractivity contribution >= 4 is 5.91 Å². The predicted octanol–water partition coefficient (Wildman–Crippen LogP) is 2.71. The van der Waals surface area contributed by atoms with Crippen LogP contribution in [-0.4, -0.2) is 53.6 Å². The number of benzene rings is 2. The van der Waals surface area contributed by atoms with Crippen LogP contribution in [-0.2, 0) is 17.8 Å². The summed E-state index contributed by atoms with van der Waals surface area (Å²) in [7, 11) is 0. The minimum Gasteiger partial charge on any atom is -0.396 e. The van der Waals surface area contributed by atoms with Gasteiger partial charge in [0.05, 0.1) is 13.0 Å². The van der Waals surface area contributed by atoms with Crippen LogP contribution in [0.15, 0.2) is 54.6 Å². The van der Waals surface area contributed by atoms with Gasteiger partial charge >= 0.3 is 0 Å². The molecule has 2 heterocycles. The second kappa shape index (κ2) is 8.02. The predicted molar refractivity (Wildman–Crippen MR) is 106 cm³/mol. The number of hydrogen-bond acceptors (Lipinski definition) is 3. The van der Waals surface area contributed by atoms with Crippen LogP contribution in [0.25, 0.3) is 0 Å². The number of likely N-dealkylation sites (tertiary alicyclic amines) is 2. The van der Waals surface area contributed by atoms with Gasteiger partial charge in [-0.1, -0.05) is 48.5 Å². The molecule has 0 saturated carbocycles. The first kappa shape index (κ1) is 19.1. The SMILES string of the molecule is O=C(Cc1ccccc1F)N1CC[C@@]2(CO)CN(Cc3ccccc3)C[C@H]2C1. The van der Waals surface area contributed by atoms with E-state index >= 15 is 0 Å². The van der Waals surface area contributed by atoms with Crippen LogP contribution in [0.4, 0.5) is 4.39 Å². The molecule has 0 aliphatic carbocycles. The standard InChI is InChI=1S/C23H27FN2O2/c24-21-9-5-4-8-19(21)12-22(28)26-11-10-23(17-27)16-25(14-20(23)15-26)13-18-6-2-1-3-7-18/h1-9,20,27H,10-17H2/t20-,23-/m0/s1. The van der Waals surface area contributed by atoms with Gasteiger partial charge in [-0.2, -0.15) is 0 Å². The molecule has 1 amide bonds. The van der Waals surface area contributed by atoms with E-state index < -0.39 is 0 Å². The summed E-state index contributed by atoms with van der Waals surface area (Å²) in [4.78, 5) is 17.0. The van der Waals surface area contributed by atoms with E-state index in [1.165, 1.54) is 11.6 Å². The van der Waals surface area contributed by atoms with Gasteiger partial charge in [-0.25, -0.2) is 4.39 Å². The highest BCUT2D eigenvalue weighted by molar-refractivity contribution is 5.79. The molecule has 148 valence electrons. The average molecular weight is 382 g/mol. The minimum atomic E-state index is -0.326. The lowest BCUT2D eigenvalue weighted by atomic mass is 9.73. The van der Waals surface area contributed by atoms with E-state index in [4.69, 9.17) is 0 Å². The molecular weight excluding hydrogens is 355 g/mol. The first-order valence-corrected chi connectivity index (χ1v) is 9.98. The molecule has 2 atom stereocenters. The van der Waals surface area contributed by atoms with Crippen LogP contribution in [0.2, 0.25) is 0 Å². The number of hydrogen-bond donors (Lipinski definition) is 1. The third-order valence-electron chi connectivity index (χ3n) is 6.42. The number of aliphatic hydroxyl groups is 1. The Balaban J connectivity index is 1.42. The molecule has 0 unspecified atom stereocenters. The van der Waals surface area contributed by atoms with Gasteiger partial charge in [0.15, 0.2) is 0 Å². The molecule has 0 radical (unpaired) electrons. The molecule has 2 fully saturated rings. The topological polar surface area (TPSA) is 43.8 Å². The molecule has 1 N–H and O–H groups in total. The summed E-state index contributed by atoms with van der Waals surface area (Å²) in [6.07, 6.45) is 0.891. The smallest absolute Gasteiger partial charge is 0.227 e.